The molecule has 0 aliphatic carbocycles. The van der Waals surface area contributed by atoms with Crippen molar-refractivity contribution in [2.75, 3.05) is 18.5 Å². The number of hydrogen-bond acceptors (Lipinski definition) is 5. The quantitative estimate of drug-likeness (QED) is 0.539. The fraction of sp³-hybridized carbons (Fsp3) is 0.360. The molecule has 1 aliphatic rings. The second-order valence-corrected chi connectivity index (χ2v) is 8.29. The van der Waals surface area contributed by atoms with Gasteiger partial charge in [-0.25, -0.2) is 4.39 Å². The summed E-state index contributed by atoms with van der Waals surface area (Å²) in [6.07, 6.45) is 1.47. The predicted octanol–water partition coefficient (Wildman–Crippen LogP) is 5.87. The number of nitrogens with zero attached hydrogens (tertiary/aromatic N) is 1. The van der Waals surface area contributed by atoms with Gasteiger partial charge in [0.2, 0.25) is 5.91 Å². The topological polar surface area (TPSA) is 73.6 Å². The summed E-state index contributed by atoms with van der Waals surface area (Å²) in [4.78, 5) is 12.6. The van der Waals surface area contributed by atoms with Crippen LogP contribution in [0.25, 0.3) is 11.1 Å². The summed E-state index contributed by atoms with van der Waals surface area (Å²) in [5, 5.41) is 6.96. The maximum absolute atomic E-state index is 14.4. The summed E-state index contributed by atoms with van der Waals surface area (Å²) in [6.45, 7) is 8.65. The van der Waals surface area contributed by atoms with Crippen molar-refractivity contribution >= 4 is 11.6 Å². The maximum atomic E-state index is 14.4. The third kappa shape index (κ3) is 4.67. The summed E-state index contributed by atoms with van der Waals surface area (Å²) in [5.74, 6) is 1.20. The van der Waals surface area contributed by atoms with E-state index in [1.807, 2.05) is 32.9 Å². The number of carbonyl (C=O) groups excluding carboxylic acids is 1. The van der Waals surface area contributed by atoms with Crippen LogP contribution < -0.4 is 10.1 Å². The molecule has 3 aromatic rings. The van der Waals surface area contributed by atoms with Crippen LogP contribution in [0.15, 0.2) is 34.9 Å². The van der Waals surface area contributed by atoms with Gasteiger partial charge in [-0.3, -0.25) is 4.79 Å². The molecular formula is C25H27FN2O4. The smallest absolute Gasteiger partial charge is 0.227 e. The first-order chi connectivity index (χ1) is 15.3. The minimum absolute atomic E-state index is 0.00926. The normalized spacial score (nSPS) is 14.4. The van der Waals surface area contributed by atoms with E-state index in [2.05, 4.69) is 10.5 Å². The monoisotopic (exact) mass is 438 g/mol. The van der Waals surface area contributed by atoms with E-state index in [1.54, 1.807) is 13.0 Å². The van der Waals surface area contributed by atoms with Gasteiger partial charge >= 0.3 is 0 Å². The molecule has 1 aromatic heterocycles. The van der Waals surface area contributed by atoms with E-state index in [-0.39, 0.29) is 11.8 Å². The molecule has 0 atom stereocenters. The van der Waals surface area contributed by atoms with Crippen molar-refractivity contribution in [1.82, 2.24) is 5.16 Å². The number of rotatable bonds is 5. The van der Waals surface area contributed by atoms with Crippen LogP contribution in [0.1, 0.15) is 35.4 Å². The van der Waals surface area contributed by atoms with Gasteiger partial charge in [0.05, 0.1) is 5.69 Å². The molecule has 1 saturated heterocycles. The zero-order chi connectivity index (χ0) is 22.8. The Morgan fingerprint density at radius 2 is 1.75 bits per heavy atom. The molecule has 1 N–H and O–H groups in total. The molecule has 1 aliphatic heterocycles. The Morgan fingerprint density at radius 1 is 1.06 bits per heavy atom. The molecule has 0 unspecified atom stereocenters. The van der Waals surface area contributed by atoms with Gasteiger partial charge in [-0.05, 0) is 81.5 Å². The highest BCUT2D eigenvalue weighted by molar-refractivity contribution is 5.93. The summed E-state index contributed by atoms with van der Waals surface area (Å²) >= 11 is 0. The van der Waals surface area contributed by atoms with Gasteiger partial charge in [-0.2, -0.15) is 0 Å². The number of ether oxygens (including phenoxy) is 2. The van der Waals surface area contributed by atoms with E-state index in [1.165, 1.54) is 12.1 Å². The number of halogens is 1. The Hall–Kier alpha value is -3.19. The number of nitrogens with one attached hydrogen (secondary N) is 1. The molecule has 1 fully saturated rings. The van der Waals surface area contributed by atoms with Crippen LogP contribution in [0.2, 0.25) is 0 Å². The summed E-state index contributed by atoms with van der Waals surface area (Å²) in [5.41, 5.74) is 4.50. The highest BCUT2D eigenvalue weighted by atomic mass is 19.1. The minimum atomic E-state index is -0.409. The lowest BCUT2D eigenvalue weighted by Crippen LogP contribution is -2.28. The van der Waals surface area contributed by atoms with Crippen LogP contribution in [0.4, 0.5) is 10.1 Å². The molecule has 2 heterocycles. The average molecular weight is 438 g/mol. The van der Waals surface area contributed by atoms with E-state index < -0.39 is 5.82 Å². The van der Waals surface area contributed by atoms with Crippen LogP contribution in [-0.4, -0.2) is 24.3 Å². The molecule has 6 nitrogen and oxygen atoms in total. The number of hydrogen-bond donors (Lipinski definition) is 1. The Morgan fingerprint density at radius 3 is 2.38 bits per heavy atom. The number of amides is 1. The average Bonchev–Trinajstić information content (AvgIpc) is 3.09. The van der Waals surface area contributed by atoms with Crippen LogP contribution in [0.3, 0.4) is 0 Å². The Bertz CT molecular complexity index is 1110. The second-order valence-electron chi connectivity index (χ2n) is 8.29. The van der Waals surface area contributed by atoms with Gasteiger partial charge in [-0.1, -0.05) is 5.16 Å². The van der Waals surface area contributed by atoms with E-state index >= 15 is 0 Å². The summed E-state index contributed by atoms with van der Waals surface area (Å²) in [7, 11) is 0. The third-order valence-electron chi connectivity index (χ3n) is 5.73. The molecule has 32 heavy (non-hydrogen) atoms. The number of carbonyl (C=O) groups is 1. The van der Waals surface area contributed by atoms with Crippen molar-refractivity contribution in [1.29, 1.82) is 0 Å². The standard InChI is InChI=1S/C25H27FN2O4/c1-14-9-21(27-25(29)18-5-7-30-8-6-18)10-15(2)24(14)31-22-12-19(11-20(26)13-22)23-16(3)28-32-17(23)4/h9-13,18H,5-8H2,1-4H3,(H,27,29). The molecule has 168 valence electrons. The molecule has 2 aromatic carbocycles. The van der Waals surface area contributed by atoms with Crippen molar-refractivity contribution < 1.29 is 23.2 Å². The van der Waals surface area contributed by atoms with Crippen LogP contribution in [-0.2, 0) is 9.53 Å². The van der Waals surface area contributed by atoms with Gasteiger partial charge < -0.3 is 19.3 Å². The molecule has 4 rings (SSSR count). The molecule has 0 bridgehead atoms. The van der Waals surface area contributed by atoms with Gasteiger partial charge in [0.1, 0.15) is 23.1 Å². The van der Waals surface area contributed by atoms with Crippen LogP contribution in [0, 0.1) is 39.4 Å². The van der Waals surface area contributed by atoms with Crippen molar-refractivity contribution in [2.45, 2.75) is 40.5 Å². The summed E-state index contributed by atoms with van der Waals surface area (Å²) < 4.78 is 31.0. The van der Waals surface area contributed by atoms with Crippen molar-refractivity contribution in [3.8, 4) is 22.6 Å². The Labute approximate surface area is 186 Å². The van der Waals surface area contributed by atoms with Crippen LogP contribution in [0.5, 0.6) is 11.5 Å². The van der Waals surface area contributed by atoms with Crippen molar-refractivity contribution in [2.24, 2.45) is 5.92 Å². The first kappa shape index (κ1) is 22.0. The fourth-order valence-electron chi connectivity index (χ4n) is 4.17. The van der Waals surface area contributed by atoms with E-state index in [0.29, 0.717) is 41.7 Å². The number of aryl methyl sites for hydroxylation is 4. The molecule has 7 heteroatoms. The number of benzene rings is 2. The fourth-order valence-corrected chi connectivity index (χ4v) is 4.17. The zero-order valence-electron chi connectivity index (χ0n) is 18.8. The molecule has 0 spiro atoms. The Kier molecular flexibility index (Phi) is 6.28. The summed E-state index contributed by atoms with van der Waals surface area (Å²) in [6, 6.07) is 8.30. The molecule has 0 saturated carbocycles. The lowest BCUT2D eigenvalue weighted by atomic mass is 9.99. The SMILES string of the molecule is Cc1cc(NC(=O)C2CCOCC2)cc(C)c1Oc1cc(F)cc(-c2c(C)noc2C)c1. The predicted molar refractivity (Wildman–Crippen MR) is 120 cm³/mol. The van der Waals surface area contributed by atoms with Crippen molar-refractivity contribution in [3.63, 3.8) is 0 Å². The highest BCUT2D eigenvalue weighted by Crippen LogP contribution is 2.35. The second kappa shape index (κ2) is 9.12. The van der Waals surface area contributed by atoms with E-state index in [4.69, 9.17) is 14.0 Å². The maximum Gasteiger partial charge on any atom is 0.227 e. The van der Waals surface area contributed by atoms with Gasteiger partial charge in [0.15, 0.2) is 0 Å². The van der Waals surface area contributed by atoms with Crippen LogP contribution >= 0.6 is 0 Å². The lowest BCUT2D eigenvalue weighted by Gasteiger charge is -2.22. The zero-order valence-corrected chi connectivity index (χ0v) is 18.8. The first-order valence-electron chi connectivity index (χ1n) is 10.7. The Balaban J connectivity index is 1.56. The van der Waals surface area contributed by atoms with E-state index in [0.717, 1.165) is 35.2 Å². The van der Waals surface area contributed by atoms with Gasteiger partial charge in [-0.15, -0.1) is 0 Å². The minimum Gasteiger partial charge on any atom is -0.457 e. The highest BCUT2D eigenvalue weighted by Gasteiger charge is 2.22. The molecule has 0 radical (unpaired) electrons. The third-order valence-corrected chi connectivity index (χ3v) is 5.73. The van der Waals surface area contributed by atoms with Crippen molar-refractivity contribution in [3.05, 3.63) is 58.7 Å². The molecule has 1 amide bonds. The van der Waals surface area contributed by atoms with Gasteiger partial charge in [0, 0.05) is 36.4 Å². The number of anilines is 1. The lowest BCUT2D eigenvalue weighted by molar-refractivity contribution is -0.122. The molecular weight excluding hydrogens is 411 g/mol. The largest absolute Gasteiger partial charge is 0.457 e. The first-order valence-corrected chi connectivity index (χ1v) is 10.7. The number of aromatic nitrogens is 1. The van der Waals surface area contributed by atoms with E-state index in [9.17, 15) is 9.18 Å². The van der Waals surface area contributed by atoms with Gasteiger partial charge in [0.25, 0.3) is 0 Å².